The van der Waals surface area contributed by atoms with E-state index in [0.717, 1.165) is 19.4 Å². The zero-order valence-corrected chi connectivity index (χ0v) is 10.2. The van der Waals surface area contributed by atoms with Crippen molar-refractivity contribution in [3.05, 3.63) is 0 Å². The molecule has 86 valence electrons. The van der Waals surface area contributed by atoms with Crippen LogP contribution in [0.2, 0.25) is 0 Å². The van der Waals surface area contributed by atoms with E-state index in [2.05, 4.69) is 12.2 Å². The summed E-state index contributed by atoms with van der Waals surface area (Å²) in [7, 11) is -1.39. The van der Waals surface area contributed by atoms with Crippen molar-refractivity contribution in [2.75, 3.05) is 32.4 Å². The van der Waals surface area contributed by atoms with Gasteiger partial charge in [0.25, 0.3) is 0 Å². The second-order valence-electron chi connectivity index (χ2n) is 3.39. The number of hydrogen-bond acceptors (Lipinski definition) is 3. The smallest absolute Gasteiger partial charge is 0.215 e. The van der Waals surface area contributed by atoms with Crippen LogP contribution in [-0.4, -0.2) is 45.2 Å². The van der Waals surface area contributed by atoms with E-state index in [0.29, 0.717) is 13.1 Å². The third kappa shape index (κ3) is 5.57. The van der Waals surface area contributed by atoms with Crippen molar-refractivity contribution >= 4 is 10.0 Å². The van der Waals surface area contributed by atoms with Gasteiger partial charge in [-0.3, -0.25) is 0 Å². The van der Waals surface area contributed by atoms with Gasteiger partial charge in [-0.15, -0.1) is 0 Å². The maximum absolute atomic E-state index is 11.6. The van der Waals surface area contributed by atoms with E-state index in [9.17, 15) is 8.42 Å². The predicted octanol–water partition coefficient (Wildman–Crippen LogP) is 0.658. The van der Waals surface area contributed by atoms with E-state index in [1.807, 2.05) is 6.92 Å². The van der Waals surface area contributed by atoms with Crippen LogP contribution in [0, 0.1) is 0 Å². The van der Waals surface area contributed by atoms with E-state index in [1.54, 1.807) is 7.05 Å². The summed E-state index contributed by atoms with van der Waals surface area (Å²) >= 11 is 0. The summed E-state index contributed by atoms with van der Waals surface area (Å²) in [5, 5.41) is 3.08. The Morgan fingerprint density at radius 1 is 1.14 bits per heavy atom. The Bertz CT molecular complexity index is 227. The molecule has 0 aliphatic heterocycles. The molecule has 0 amide bonds. The Morgan fingerprint density at radius 2 is 1.79 bits per heavy atom. The van der Waals surface area contributed by atoms with Gasteiger partial charge in [0, 0.05) is 20.1 Å². The lowest BCUT2D eigenvalue weighted by Gasteiger charge is -2.16. The lowest BCUT2D eigenvalue weighted by Crippen LogP contribution is -2.34. The first-order valence-electron chi connectivity index (χ1n) is 5.19. The van der Waals surface area contributed by atoms with Crippen molar-refractivity contribution in [3.63, 3.8) is 0 Å². The summed E-state index contributed by atoms with van der Waals surface area (Å²) in [6.45, 7) is 6.07. The molecule has 0 bridgehead atoms. The van der Waals surface area contributed by atoms with Gasteiger partial charge in [-0.05, 0) is 19.4 Å². The lowest BCUT2D eigenvalue weighted by atomic mass is 10.5. The van der Waals surface area contributed by atoms with Gasteiger partial charge >= 0.3 is 0 Å². The van der Waals surface area contributed by atoms with Crippen LogP contribution in [0.15, 0.2) is 0 Å². The normalized spacial score (nSPS) is 12.3. The minimum Gasteiger partial charge on any atom is -0.316 e. The largest absolute Gasteiger partial charge is 0.316 e. The Balaban J connectivity index is 3.83. The number of hydrogen-bond donors (Lipinski definition) is 1. The fourth-order valence-corrected chi connectivity index (χ4v) is 2.29. The average Bonchev–Trinajstić information content (AvgIpc) is 2.13. The van der Waals surface area contributed by atoms with E-state index in [-0.39, 0.29) is 5.75 Å². The standard InChI is InChI=1S/C9H22N2O2S/c1-4-6-10-7-9-14(12,13)11(3)8-5-2/h10H,4-9H2,1-3H3. The molecule has 0 heterocycles. The molecular weight excluding hydrogens is 200 g/mol. The molecule has 4 nitrogen and oxygen atoms in total. The van der Waals surface area contributed by atoms with Crippen LogP contribution in [0.25, 0.3) is 0 Å². The van der Waals surface area contributed by atoms with Crippen molar-refractivity contribution in [2.24, 2.45) is 0 Å². The van der Waals surface area contributed by atoms with Crippen LogP contribution in [0.4, 0.5) is 0 Å². The van der Waals surface area contributed by atoms with Crippen LogP contribution in [0.5, 0.6) is 0 Å². The monoisotopic (exact) mass is 222 g/mol. The lowest BCUT2D eigenvalue weighted by molar-refractivity contribution is 0.466. The fourth-order valence-electron chi connectivity index (χ4n) is 1.11. The minimum absolute atomic E-state index is 0.198. The molecule has 0 rings (SSSR count). The van der Waals surface area contributed by atoms with Crippen LogP contribution < -0.4 is 5.32 Å². The van der Waals surface area contributed by atoms with Crippen LogP contribution >= 0.6 is 0 Å². The summed E-state index contributed by atoms with van der Waals surface area (Å²) < 4.78 is 24.6. The first-order chi connectivity index (χ1) is 6.54. The molecule has 0 atom stereocenters. The molecular formula is C9H22N2O2S. The van der Waals surface area contributed by atoms with Gasteiger partial charge in [0.2, 0.25) is 10.0 Å². The molecule has 14 heavy (non-hydrogen) atoms. The third-order valence-electron chi connectivity index (χ3n) is 1.98. The van der Waals surface area contributed by atoms with E-state index >= 15 is 0 Å². The van der Waals surface area contributed by atoms with Crippen LogP contribution in [0.3, 0.4) is 0 Å². The highest BCUT2D eigenvalue weighted by atomic mass is 32.2. The van der Waals surface area contributed by atoms with Gasteiger partial charge in [0.1, 0.15) is 0 Å². The first kappa shape index (κ1) is 13.9. The highest BCUT2D eigenvalue weighted by Gasteiger charge is 2.15. The highest BCUT2D eigenvalue weighted by molar-refractivity contribution is 7.89. The second-order valence-corrected chi connectivity index (χ2v) is 5.58. The summed E-state index contributed by atoms with van der Waals surface area (Å²) in [5.74, 6) is 0.198. The van der Waals surface area contributed by atoms with Crippen molar-refractivity contribution in [1.82, 2.24) is 9.62 Å². The molecule has 0 fully saturated rings. The van der Waals surface area contributed by atoms with Crippen molar-refractivity contribution in [2.45, 2.75) is 26.7 Å². The maximum Gasteiger partial charge on any atom is 0.215 e. The molecule has 5 heteroatoms. The fraction of sp³-hybridized carbons (Fsp3) is 1.00. The molecule has 0 saturated heterocycles. The Hall–Kier alpha value is -0.130. The summed E-state index contributed by atoms with van der Waals surface area (Å²) in [6.07, 6.45) is 1.89. The molecule has 0 aromatic heterocycles. The van der Waals surface area contributed by atoms with E-state index in [4.69, 9.17) is 0 Å². The summed E-state index contributed by atoms with van der Waals surface area (Å²) in [4.78, 5) is 0. The zero-order chi connectivity index (χ0) is 11.0. The molecule has 0 aliphatic rings. The summed E-state index contributed by atoms with van der Waals surface area (Å²) in [5.41, 5.74) is 0. The van der Waals surface area contributed by atoms with Crippen LogP contribution in [-0.2, 0) is 10.0 Å². The third-order valence-corrected chi connectivity index (χ3v) is 3.83. The SMILES string of the molecule is CCCNCCS(=O)(=O)N(C)CCC. The summed E-state index contributed by atoms with van der Waals surface area (Å²) in [6, 6.07) is 0. The van der Waals surface area contributed by atoms with E-state index < -0.39 is 10.0 Å². The molecule has 1 N–H and O–H groups in total. The van der Waals surface area contributed by atoms with Gasteiger partial charge < -0.3 is 5.32 Å². The van der Waals surface area contributed by atoms with Gasteiger partial charge in [-0.25, -0.2) is 12.7 Å². The maximum atomic E-state index is 11.6. The number of nitrogens with zero attached hydrogens (tertiary/aromatic N) is 1. The minimum atomic E-state index is -3.03. The number of nitrogens with one attached hydrogen (secondary N) is 1. The number of rotatable bonds is 8. The van der Waals surface area contributed by atoms with Crippen LogP contribution in [0.1, 0.15) is 26.7 Å². The predicted molar refractivity (Wildman–Crippen MR) is 59.9 cm³/mol. The van der Waals surface area contributed by atoms with Gasteiger partial charge in [-0.2, -0.15) is 0 Å². The Morgan fingerprint density at radius 3 is 2.29 bits per heavy atom. The quantitative estimate of drug-likeness (QED) is 0.614. The molecule has 0 spiro atoms. The molecule has 0 radical (unpaired) electrons. The Kier molecular flexibility index (Phi) is 7.13. The topological polar surface area (TPSA) is 49.4 Å². The average molecular weight is 222 g/mol. The molecule has 0 aromatic rings. The van der Waals surface area contributed by atoms with E-state index in [1.165, 1.54) is 4.31 Å². The van der Waals surface area contributed by atoms with Crippen molar-refractivity contribution in [1.29, 1.82) is 0 Å². The highest BCUT2D eigenvalue weighted by Crippen LogP contribution is 1.98. The second kappa shape index (κ2) is 7.20. The molecule has 0 aliphatic carbocycles. The Labute approximate surface area is 87.7 Å². The number of sulfonamides is 1. The van der Waals surface area contributed by atoms with Crippen molar-refractivity contribution < 1.29 is 8.42 Å². The van der Waals surface area contributed by atoms with Gasteiger partial charge in [0.15, 0.2) is 0 Å². The zero-order valence-electron chi connectivity index (χ0n) is 9.41. The molecule has 0 unspecified atom stereocenters. The van der Waals surface area contributed by atoms with Crippen molar-refractivity contribution in [3.8, 4) is 0 Å². The molecule has 0 saturated carbocycles. The molecule has 0 aromatic carbocycles. The van der Waals surface area contributed by atoms with Gasteiger partial charge in [0.05, 0.1) is 5.75 Å². The first-order valence-corrected chi connectivity index (χ1v) is 6.80. The van der Waals surface area contributed by atoms with Gasteiger partial charge in [-0.1, -0.05) is 13.8 Å².